The molecule has 0 aromatic carbocycles. The quantitative estimate of drug-likeness (QED) is 0.457. The predicted octanol–water partition coefficient (Wildman–Crippen LogP) is 0.844. The van der Waals surface area contributed by atoms with E-state index >= 15 is 0 Å². The van der Waals surface area contributed by atoms with Crippen LogP contribution in [0.4, 0.5) is 0 Å². The van der Waals surface area contributed by atoms with Gasteiger partial charge in [-0.25, -0.2) is 0 Å². The molecule has 118 valence electrons. The van der Waals surface area contributed by atoms with E-state index in [1.165, 1.54) is 0 Å². The summed E-state index contributed by atoms with van der Waals surface area (Å²) in [4.78, 5) is 24.2. The van der Waals surface area contributed by atoms with E-state index in [1.807, 2.05) is 6.92 Å². The number of rotatable bonds is 5. The van der Waals surface area contributed by atoms with E-state index in [0.717, 1.165) is 0 Å². The molecule has 0 radical (unpaired) electrons. The maximum Gasteiger partial charge on any atom is 0.262 e. The van der Waals surface area contributed by atoms with E-state index in [1.54, 1.807) is 17.9 Å². The van der Waals surface area contributed by atoms with Gasteiger partial charge in [0.15, 0.2) is 0 Å². The second-order valence-electron chi connectivity index (χ2n) is 6.19. The average molecular weight is 299 g/mol. The lowest BCUT2D eigenvalue weighted by atomic mass is 9.68. The molecule has 3 atom stereocenters. The highest BCUT2D eigenvalue weighted by Crippen LogP contribution is 2.44. The van der Waals surface area contributed by atoms with E-state index in [4.69, 9.17) is 0 Å². The highest BCUT2D eigenvalue weighted by Gasteiger charge is 2.65. The van der Waals surface area contributed by atoms with E-state index in [2.05, 4.69) is 0 Å². The molecule has 1 aliphatic heterocycles. The first-order chi connectivity index (χ1) is 9.81. The van der Waals surface area contributed by atoms with Crippen molar-refractivity contribution in [3.8, 4) is 0 Å². The molecular weight excluding hydrogens is 278 g/mol. The van der Waals surface area contributed by atoms with Crippen molar-refractivity contribution in [1.82, 2.24) is 4.90 Å². The summed E-state index contributed by atoms with van der Waals surface area (Å²) in [5.41, 5.74) is -2.15. The number of likely N-dealkylation sites (tertiary alicyclic amines) is 1. The van der Waals surface area contributed by atoms with Crippen LogP contribution >= 0.6 is 0 Å². The number of aliphatic hydroxyl groups excluding tert-OH is 1. The van der Waals surface area contributed by atoms with Gasteiger partial charge in [0.25, 0.3) is 5.54 Å². The molecule has 0 spiro atoms. The summed E-state index contributed by atoms with van der Waals surface area (Å²) >= 11 is 0. The topological polar surface area (TPSA) is 110 Å². The first-order valence-corrected chi connectivity index (χ1v) is 7.12. The van der Waals surface area contributed by atoms with Gasteiger partial charge in [0.1, 0.15) is 0 Å². The molecule has 2 aliphatic rings. The van der Waals surface area contributed by atoms with Gasteiger partial charge >= 0.3 is 0 Å². The SMILES string of the molecule is CC[C@H](CO)N1C[C@@]2([N+](=O)[O-])CC=C(C)[C@]([N+](=O)[O-])(C1)C2. The molecule has 21 heavy (non-hydrogen) atoms. The third-order valence-electron chi connectivity index (χ3n) is 5.04. The highest BCUT2D eigenvalue weighted by molar-refractivity contribution is 5.25. The summed E-state index contributed by atoms with van der Waals surface area (Å²) < 4.78 is 0. The van der Waals surface area contributed by atoms with Gasteiger partial charge in [0.2, 0.25) is 5.54 Å². The van der Waals surface area contributed by atoms with Crippen molar-refractivity contribution >= 4 is 0 Å². The molecule has 0 saturated carbocycles. The zero-order valence-corrected chi connectivity index (χ0v) is 12.3. The Labute approximate surface area is 122 Å². The van der Waals surface area contributed by atoms with Crippen molar-refractivity contribution in [3.63, 3.8) is 0 Å². The summed E-state index contributed by atoms with van der Waals surface area (Å²) in [5, 5.41) is 32.7. The Bertz CT molecular complexity index is 490. The summed E-state index contributed by atoms with van der Waals surface area (Å²) in [7, 11) is 0. The number of hydrogen-bond acceptors (Lipinski definition) is 6. The van der Waals surface area contributed by atoms with Crippen molar-refractivity contribution in [1.29, 1.82) is 0 Å². The van der Waals surface area contributed by atoms with E-state index in [9.17, 15) is 25.3 Å². The summed E-state index contributed by atoms with van der Waals surface area (Å²) in [6.07, 6.45) is 2.38. The van der Waals surface area contributed by atoms with Crippen LogP contribution in [0.5, 0.6) is 0 Å². The standard InChI is InChI=1S/C13H21N3O5/c1-3-11(6-17)14-8-12(15(18)19)5-4-10(2)13(7-12,9-14)16(20)21/h4,11,17H,3,5-9H2,1-2H3/t11-,12-,13-/m1/s1. The predicted molar refractivity (Wildman–Crippen MR) is 75.2 cm³/mol. The molecule has 8 heteroatoms. The number of fused-ring (bicyclic) bond motifs is 2. The lowest BCUT2D eigenvalue weighted by molar-refractivity contribution is -0.622. The largest absolute Gasteiger partial charge is 0.395 e. The molecule has 1 aliphatic carbocycles. The van der Waals surface area contributed by atoms with Crippen LogP contribution in [0, 0.1) is 20.2 Å². The molecule has 0 aromatic heterocycles. The number of hydrogen-bond donors (Lipinski definition) is 1. The second kappa shape index (κ2) is 5.34. The van der Waals surface area contributed by atoms with Crippen LogP contribution in [-0.4, -0.2) is 56.7 Å². The fourth-order valence-electron chi connectivity index (χ4n) is 3.58. The fraction of sp³-hybridized carbons (Fsp3) is 0.846. The van der Waals surface area contributed by atoms with Gasteiger partial charge in [0.05, 0.1) is 26.1 Å². The molecule has 1 N–H and O–H groups in total. The highest BCUT2D eigenvalue weighted by atomic mass is 16.6. The molecule has 2 bridgehead atoms. The van der Waals surface area contributed by atoms with Crippen molar-refractivity contribution in [2.75, 3.05) is 19.7 Å². The van der Waals surface area contributed by atoms with Crippen molar-refractivity contribution in [2.24, 2.45) is 0 Å². The summed E-state index contributed by atoms with van der Waals surface area (Å²) in [6.45, 7) is 3.66. The molecule has 0 aromatic rings. The number of nitrogens with zero attached hydrogens (tertiary/aromatic N) is 3. The zero-order chi connectivity index (χ0) is 15.8. The molecule has 0 amide bonds. The van der Waals surface area contributed by atoms with Gasteiger partial charge in [-0.05, 0) is 13.3 Å². The maximum atomic E-state index is 11.7. The Morgan fingerprint density at radius 1 is 1.38 bits per heavy atom. The Hall–Kier alpha value is -1.54. The van der Waals surface area contributed by atoms with Gasteiger partial charge in [-0.15, -0.1) is 0 Å². The smallest absolute Gasteiger partial charge is 0.262 e. The Kier molecular flexibility index (Phi) is 4.03. The molecule has 1 heterocycles. The summed E-state index contributed by atoms with van der Waals surface area (Å²) in [6, 6.07) is -0.283. The Morgan fingerprint density at radius 2 is 2.05 bits per heavy atom. The third-order valence-corrected chi connectivity index (χ3v) is 5.04. The van der Waals surface area contributed by atoms with Gasteiger partial charge in [-0.1, -0.05) is 13.0 Å². The molecule has 2 rings (SSSR count). The fourth-order valence-corrected chi connectivity index (χ4v) is 3.58. The molecular formula is C13H21N3O5. The minimum Gasteiger partial charge on any atom is -0.395 e. The average Bonchev–Trinajstić information content (AvgIpc) is 2.44. The van der Waals surface area contributed by atoms with E-state index < -0.39 is 11.1 Å². The van der Waals surface area contributed by atoms with Crippen LogP contribution < -0.4 is 0 Å². The number of nitro groups is 2. The van der Waals surface area contributed by atoms with Crippen LogP contribution in [0.3, 0.4) is 0 Å². The lowest BCUT2D eigenvalue weighted by Crippen LogP contribution is -2.68. The van der Waals surface area contributed by atoms with Crippen LogP contribution in [0.25, 0.3) is 0 Å². The molecule has 8 nitrogen and oxygen atoms in total. The van der Waals surface area contributed by atoms with Crippen molar-refractivity contribution < 1.29 is 15.0 Å². The van der Waals surface area contributed by atoms with Crippen LogP contribution in [0.15, 0.2) is 11.6 Å². The number of aliphatic hydroxyl groups is 1. The summed E-state index contributed by atoms with van der Waals surface area (Å²) in [5.74, 6) is 0. The Morgan fingerprint density at radius 3 is 2.52 bits per heavy atom. The van der Waals surface area contributed by atoms with Gasteiger partial charge in [0, 0.05) is 27.9 Å². The number of piperidine rings is 1. The van der Waals surface area contributed by atoms with Crippen molar-refractivity contribution in [2.45, 2.75) is 50.2 Å². The third kappa shape index (κ3) is 2.32. The van der Waals surface area contributed by atoms with Crippen LogP contribution in [0.1, 0.15) is 33.1 Å². The van der Waals surface area contributed by atoms with E-state index in [-0.39, 0.29) is 48.4 Å². The van der Waals surface area contributed by atoms with Gasteiger partial charge < -0.3 is 5.11 Å². The van der Waals surface area contributed by atoms with Crippen molar-refractivity contribution in [3.05, 3.63) is 31.9 Å². The Balaban J connectivity index is 2.49. The van der Waals surface area contributed by atoms with Crippen LogP contribution in [0.2, 0.25) is 0 Å². The molecule has 0 unspecified atom stereocenters. The van der Waals surface area contributed by atoms with Gasteiger partial charge in [-0.2, -0.15) is 0 Å². The van der Waals surface area contributed by atoms with E-state index in [0.29, 0.717) is 12.0 Å². The minimum atomic E-state index is -1.41. The zero-order valence-electron chi connectivity index (χ0n) is 12.3. The first kappa shape index (κ1) is 15.8. The first-order valence-electron chi connectivity index (χ1n) is 7.12. The maximum absolute atomic E-state index is 11.7. The van der Waals surface area contributed by atoms with Gasteiger partial charge in [-0.3, -0.25) is 25.1 Å². The second-order valence-corrected chi connectivity index (χ2v) is 6.19. The monoisotopic (exact) mass is 299 g/mol. The normalized spacial score (nSPS) is 34.1. The lowest BCUT2D eigenvalue weighted by Gasteiger charge is -2.47. The molecule has 1 saturated heterocycles. The van der Waals surface area contributed by atoms with Crippen LogP contribution in [-0.2, 0) is 0 Å². The molecule has 1 fully saturated rings. The minimum absolute atomic E-state index is 0.0688.